The van der Waals surface area contributed by atoms with Crippen LogP contribution in [0, 0.1) is 0 Å². The fourth-order valence-electron chi connectivity index (χ4n) is 4.60. The fourth-order valence-corrected chi connectivity index (χ4v) is 4.60. The number of nitrogens with zero attached hydrogens (tertiary/aromatic N) is 4. The number of morpholine rings is 1. The quantitative estimate of drug-likeness (QED) is 0.614. The lowest BCUT2D eigenvalue weighted by Crippen LogP contribution is -2.40. The zero-order chi connectivity index (χ0) is 22.9. The number of amides is 2. The summed E-state index contributed by atoms with van der Waals surface area (Å²) in [6.07, 6.45) is 6.09. The Labute approximate surface area is 187 Å². The first-order valence-corrected chi connectivity index (χ1v) is 11.3. The van der Waals surface area contributed by atoms with Gasteiger partial charge >= 0.3 is 0 Å². The van der Waals surface area contributed by atoms with E-state index < -0.39 is 28.6 Å². The first-order valence-electron chi connectivity index (χ1n) is 11.3. The van der Waals surface area contributed by atoms with Gasteiger partial charge in [0.05, 0.1) is 31.0 Å². The highest BCUT2D eigenvalue weighted by molar-refractivity contribution is 5.96. The summed E-state index contributed by atoms with van der Waals surface area (Å²) in [7, 11) is 0. The van der Waals surface area contributed by atoms with Gasteiger partial charge in [0.2, 0.25) is 11.8 Å². The van der Waals surface area contributed by atoms with Crippen LogP contribution in [0.5, 0.6) is 5.88 Å². The zero-order valence-electron chi connectivity index (χ0n) is 17.9. The van der Waals surface area contributed by atoms with Crippen molar-refractivity contribution in [1.29, 1.82) is 0 Å². The molecule has 33 heavy (non-hydrogen) atoms. The molecule has 2 aliphatic carbocycles. The van der Waals surface area contributed by atoms with Crippen molar-refractivity contribution in [3.8, 4) is 5.88 Å². The highest BCUT2D eigenvalue weighted by Gasteiger charge is 2.45. The second kappa shape index (κ2) is 7.14. The number of fused-ring (bicyclic) bond motifs is 3. The van der Waals surface area contributed by atoms with E-state index in [0.29, 0.717) is 26.0 Å². The molecule has 11 heteroatoms. The molecular weight excluding hydrogens is 433 g/mol. The molecule has 2 aliphatic heterocycles. The van der Waals surface area contributed by atoms with Crippen LogP contribution in [0.25, 0.3) is 11.7 Å². The number of halogens is 1. The Bertz CT molecular complexity index is 1260. The summed E-state index contributed by atoms with van der Waals surface area (Å²) in [5.74, 6) is -1.45. The minimum Gasteiger partial charge on any atom is -0.494 e. The molecule has 0 radical (unpaired) electrons. The van der Waals surface area contributed by atoms with Crippen LogP contribution in [-0.2, 0) is 16.1 Å². The minimum atomic E-state index is -1.50. The molecule has 10 nitrogen and oxygen atoms in total. The lowest BCUT2D eigenvalue weighted by atomic mass is 10.2. The van der Waals surface area contributed by atoms with E-state index in [1.165, 1.54) is 22.8 Å². The number of nitrogens with one attached hydrogen (secondary N) is 1. The lowest BCUT2D eigenvalue weighted by Gasteiger charge is -2.25. The third-order valence-electron chi connectivity index (χ3n) is 6.83. The van der Waals surface area contributed by atoms with E-state index >= 15 is 0 Å². The first-order chi connectivity index (χ1) is 15.8. The van der Waals surface area contributed by atoms with Gasteiger partial charge in [-0.15, -0.1) is 0 Å². The number of aromatic hydroxyl groups is 1. The molecular formula is C22H24FN5O5. The van der Waals surface area contributed by atoms with E-state index in [9.17, 15) is 23.9 Å². The largest absolute Gasteiger partial charge is 0.494 e. The van der Waals surface area contributed by atoms with Gasteiger partial charge in [0.25, 0.3) is 11.5 Å². The number of aromatic nitrogens is 3. The second-order valence-electron chi connectivity index (χ2n) is 9.50. The lowest BCUT2D eigenvalue weighted by molar-refractivity contribution is -0.130. The molecule has 6 rings (SSSR count). The van der Waals surface area contributed by atoms with Crippen molar-refractivity contribution in [1.82, 2.24) is 24.4 Å². The first kappa shape index (κ1) is 20.4. The van der Waals surface area contributed by atoms with E-state index in [2.05, 4.69) is 10.4 Å². The number of rotatable bonds is 6. The summed E-state index contributed by atoms with van der Waals surface area (Å²) in [4.78, 5) is 40.0. The average Bonchev–Trinajstić information content (AvgIpc) is 3.57. The summed E-state index contributed by atoms with van der Waals surface area (Å²) in [5.41, 5.74) is -2.30. The van der Waals surface area contributed by atoms with Crippen LogP contribution in [0.3, 0.4) is 0 Å². The van der Waals surface area contributed by atoms with Crippen molar-refractivity contribution >= 4 is 23.5 Å². The molecule has 174 valence electrons. The third-order valence-corrected chi connectivity index (χ3v) is 6.83. The van der Waals surface area contributed by atoms with Crippen LogP contribution in [0.1, 0.15) is 48.2 Å². The number of ether oxygens (including phenoxy) is 1. The topological polar surface area (TPSA) is 118 Å². The molecule has 2 saturated heterocycles. The maximum Gasteiger partial charge on any atom is 0.291 e. The number of carbonyl (C=O) groups excluding carboxylic acids is 2. The van der Waals surface area contributed by atoms with Gasteiger partial charge in [-0.05, 0) is 38.2 Å². The molecule has 4 aliphatic rings. The van der Waals surface area contributed by atoms with Crippen molar-refractivity contribution in [2.75, 3.05) is 13.2 Å². The summed E-state index contributed by atoms with van der Waals surface area (Å²) in [5, 5.41) is 17.7. The van der Waals surface area contributed by atoms with Crippen molar-refractivity contribution in [3.05, 3.63) is 33.8 Å². The maximum absolute atomic E-state index is 14.6. The molecule has 4 heterocycles. The maximum atomic E-state index is 14.6. The molecule has 2 amide bonds. The van der Waals surface area contributed by atoms with Gasteiger partial charge in [-0.1, -0.05) is 0 Å². The van der Waals surface area contributed by atoms with E-state index in [4.69, 9.17) is 4.74 Å². The Morgan fingerprint density at radius 2 is 2.15 bits per heavy atom. The minimum absolute atomic E-state index is 0.0234. The number of hydrogen-bond donors (Lipinski definition) is 2. The van der Waals surface area contributed by atoms with Gasteiger partial charge in [-0.25, -0.2) is 4.39 Å². The fraction of sp³-hybridized carbons (Fsp3) is 0.545. The summed E-state index contributed by atoms with van der Waals surface area (Å²) in [6.45, 7) is 0.890. The van der Waals surface area contributed by atoms with Gasteiger partial charge in [-0.3, -0.25) is 19.0 Å². The van der Waals surface area contributed by atoms with Crippen molar-refractivity contribution in [2.45, 2.75) is 62.5 Å². The van der Waals surface area contributed by atoms with E-state index in [0.717, 1.165) is 23.8 Å². The Hall–Kier alpha value is -3.21. The summed E-state index contributed by atoms with van der Waals surface area (Å²) >= 11 is 0. The predicted molar refractivity (Wildman–Crippen MR) is 114 cm³/mol. The van der Waals surface area contributed by atoms with Crippen LogP contribution in [0.2, 0.25) is 0 Å². The van der Waals surface area contributed by atoms with Crippen LogP contribution < -0.4 is 10.9 Å². The molecule has 2 saturated carbocycles. The van der Waals surface area contributed by atoms with Gasteiger partial charge in [0.15, 0.2) is 5.56 Å². The number of carbonyl (C=O) groups is 2. The van der Waals surface area contributed by atoms with Crippen LogP contribution in [0.4, 0.5) is 4.39 Å². The molecule has 0 spiro atoms. The Morgan fingerprint density at radius 3 is 2.79 bits per heavy atom. The summed E-state index contributed by atoms with van der Waals surface area (Å²) < 4.78 is 22.4. The monoisotopic (exact) mass is 457 g/mol. The SMILES string of the molecule is O=C(NC1CC1)c1c(O)n(CC2(F)CC2)c2cc(/C=C/C(=O)N3C[C@H]4C[C@@H]3CO4)nn2c1=O. The van der Waals surface area contributed by atoms with Gasteiger partial charge in [-0.2, -0.15) is 9.61 Å². The van der Waals surface area contributed by atoms with Gasteiger partial charge < -0.3 is 20.1 Å². The van der Waals surface area contributed by atoms with E-state index in [-0.39, 0.29) is 42.0 Å². The molecule has 2 bridgehead atoms. The Morgan fingerprint density at radius 1 is 1.36 bits per heavy atom. The average molecular weight is 457 g/mol. The standard InChI is InChI=1S/C22H24FN5O5/c23-22(5-6-22)11-27-16-7-13(3-4-17(29)26-9-15-8-14(26)10-33-15)25-28(16)21(32)18(20(27)31)19(30)24-12-1-2-12/h3-4,7,12,14-15,31H,1-2,5-6,8-11H2,(H,24,30)/b4-3+/t14-,15-/m1/s1. The number of likely N-dealkylation sites (tertiary alicyclic amines) is 1. The molecule has 2 N–H and O–H groups in total. The molecule has 2 atom stereocenters. The van der Waals surface area contributed by atoms with Crippen LogP contribution in [-0.4, -0.2) is 73.0 Å². The van der Waals surface area contributed by atoms with E-state index in [1.54, 1.807) is 4.90 Å². The zero-order valence-corrected chi connectivity index (χ0v) is 17.9. The Balaban J connectivity index is 1.36. The van der Waals surface area contributed by atoms with Gasteiger partial charge in [0.1, 0.15) is 11.3 Å². The number of hydrogen-bond acceptors (Lipinski definition) is 6. The number of alkyl halides is 1. The van der Waals surface area contributed by atoms with Crippen LogP contribution >= 0.6 is 0 Å². The van der Waals surface area contributed by atoms with E-state index in [1.807, 2.05) is 0 Å². The van der Waals surface area contributed by atoms with Crippen LogP contribution in [0.15, 0.2) is 16.9 Å². The smallest absolute Gasteiger partial charge is 0.291 e. The third kappa shape index (κ3) is 3.60. The van der Waals surface area contributed by atoms with Crippen molar-refractivity contribution in [3.63, 3.8) is 0 Å². The predicted octanol–water partition coefficient (Wildman–Crippen LogP) is 0.609. The molecule has 0 aromatic carbocycles. The molecule has 2 aromatic rings. The second-order valence-corrected chi connectivity index (χ2v) is 9.50. The molecule has 4 fully saturated rings. The molecule has 0 unspecified atom stereocenters. The van der Waals surface area contributed by atoms with Crippen molar-refractivity contribution in [2.24, 2.45) is 0 Å². The Kier molecular flexibility index (Phi) is 4.42. The normalized spacial score (nSPS) is 25.3. The summed E-state index contributed by atoms with van der Waals surface area (Å²) in [6, 6.07) is 1.55. The molecule has 2 aromatic heterocycles. The highest BCUT2D eigenvalue weighted by Crippen LogP contribution is 2.42. The highest BCUT2D eigenvalue weighted by atomic mass is 19.1. The van der Waals surface area contributed by atoms with Gasteiger partial charge in [0, 0.05) is 24.7 Å². The van der Waals surface area contributed by atoms with Crippen molar-refractivity contribution < 1.29 is 23.8 Å².